The first-order chi connectivity index (χ1) is 17.6. The zero-order chi connectivity index (χ0) is 24.9. The molecule has 4 aromatic rings. The second kappa shape index (κ2) is 11.0. The lowest BCUT2D eigenvalue weighted by atomic mass is 10.1. The number of carbonyl (C=O) groups is 2. The number of hydrogen-bond acceptors (Lipinski definition) is 6. The minimum atomic E-state index is -0.492. The van der Waals surface area contributed by atoms with Gasteiger partial charge in [0, 0.05) is 27.4 Å². The Bertz CT molecular complexity index is 1350. The zero-order valence-electron chi connectivity index (χ0n) is 19.6. The average molecular weight is 516 g/mol. The Morgan fingerprint density at radius 2 is 1.78 bits per heavy atom. The maximum atomic E-state index is 13.5. The van der Waals surface area contributed by atoms with Crippen molar-refractivity contribution in [3.05, 3.63) is 89.8 Å². The van der Waals surface area contributed by atoms with E-state index in [1.54, 1.807) is 7.11 Å². The Hall–Kier alpha value is -3.62. The number of anilines is 2. The standard InChI is InChI=1S/C28H25N3O3S2/c1-34-22-14-12-18(13-15-22)24-17-35-28(30-24)31-27(33)25(19-6-3-2-4-7-19)36-23-9-5-8-21(16-23)29-26(32)20-10-11-20/h2-9,12-17,20,25H,10-11H2,1H3,(H,29,32)(H,30,31,33). The van der Waals surface area contributed by atoms with Gasteiger partial charge in [-0.3, -0.25) is 9.59 Å². The van der Waals surface area contributed by atoms with E-state index >= 15 is 0 Å². The van der Waals surface area contributed by atoms with Gasteiger partial charge in [0.1, 0.15) is 11.0 Å². The molecule has 36 heavy (non-hydrogen) atoms. The predicted octanol–water partition coefficient (Wildman–Crippen LogP) is 6.64. The molecule has 5 rings (SSSR count). The van der Waals surface area contributed by atoms with E-state index in [4.69, 9.17) is 4.74 Å². The summed E-state index contributed by atoms with van der Waals surface area (Å²) in [5.74, 6) is 0.812. The van der Waals surface area contributed by atoms with Crippen molar-refractivity contribution in [2.24, 2.45) is 5.92 Å². The SMILES string of the molecule is COc1ccc(-c2csc(NC(=O)C(Sc3cccc(NC(=O)C4CC4)c3)c3ccccc3)n2)cc1. The summed E-state index contributed by atoms with van der Waals surface area (Å²) in [7, 11) is 1.63. The molecular weight excluding hydrogens is 490 g/mol. The fraction of sp³-hybridized carbons (Fsp3) is 0.179. The largest absolute Gasteiger partial charge is 0.497 e. The summed E-state index contributed by atoms with van der Waals surface area (Å²) in [4.78, 5) is 31.2. The van der Waals surface area contributed by atoms with Crippen LogP contribution in [0.5, 0.6) is 5.75 Å². The molecule has 1 fully saturated rings. The van der Waals surface area contributed by atoms with Crippen molar-refractivity contribution >= 4 is 45.7 Å². The number of methoxy groups -OCH3 is 1. The Morgan fingerprint density at radius 1 is 1.00 bits per heavy atom. The van der Waals surface area contributed by atoms with Gasteiger partial charge in [0.25, 0.3) is 0 Å². The Balaban J connectivity index is 1.32. The van der Waals surface area contributed by atoms with Gasteiger partial charge in [0.2, 0.25) is 11.8 Å². The smallest absolute Gasteiger partial charge is 0.244 e. The molecule has 0 saturated heterocycles. The first kappa shape index (κ1) is 24.1. The first-order valence-electron chi connectivity index (χ1n) is 11.6. The number of carbonyl (C=O) groups excluding carboxylic acids is 2. The van der Waals surface area contributed by atoms with Crippen LogP contribution in [0.2, 0.25) is 0 Å². The van der Waals surface area contributed by atoms with Crippen LogP contribution >= 0.6 is 23.1 Å². The van der Waals surface area contributed by atoms with Crippen molar-refractivity contribution in [1.29, 1.82) is 0 Å². The van der Waals surface area contributed by atoms with E-state index in [-0.39, 0.29) is 17.7 Å². The number of thioether (sulfide) groups is 1. The Labute approximate surface area is 218 Å². The van der Waals surface area contributed by atoms with Gasteiger partial charge in [-0.1, -0.05) is 36.4 Å². The van der Waals surface area contributed by atoms with E-state index in [0.29, 0.717) is 5.13 Å². The third-order valence-electron chi connectivity index (χ3n) is 5.76. The number of hydrogen-bond donors (Lipinski definition) is 2. The maximum Gasteiger partial charge on any atom is 0.244 e. The lowest BCUT2D eigenvalue weighted by molar-refractivity contribution is -0.117. The molecule has 8 heteroatoms. The quantitative estimate of drug-likeness (QED) is 0.244. The van der Waals surface area contributed by atoms with Crippen LogP contribution in [0.1, 0.15) is 23.7 Å². The second-order valence-electron chi connectivity index (χ2n) is 8.46. The molecule has 6 nitrogen and oxygen atoms in total. The lowest BCUT2D eigenvalue weighted by Gasteiger charge is -2.17. The van der Waals surface area contributed by atoms with E-state index in [2.05, 4.69) is 15.6 Å². The number of ether oxygens (including phenoxy) is 1. The molecule has 2 N–H and O–H groups in total. The molecule has 0 radical (unpaired) electrons. The van der Waals surface area contributed by atoms with Crippen LogP contribution in [0.3, 0.4) is 0 Å². The molecule has 1 aliphatic carbocycles. The van der Waals surface area contributed by atoms with Crippen LogP contribution in [0.15, 0.2) is 89.1 Å². The third-order valence-corrected chi connectivity index (χ3v) is 7.77. The number of aromatic nitrogens is 1. The van der Waals surface area contributed by atoms with Crippen LogP contribution in [-0.2, 0) is 9.59 Å². The van der Waals surface area contributed by atoms with Crippen molar-refractivity contribution < 1.29 is 14.3 Å². The van der Waals surface area contributed by atoms with E-state index < -0.39 is 5.25 Å². The molecule has 0 spiro atoms. The van der Waals surface area contributed by atoms with Gasteiger partial charge in [-0.05, 0) is 60.9 Å². The molecule has 0 aliphatic heterocycles. The maximum absolute atomic E-state index is 13.5. The normalized spacial score (nSPS) is 13.6. The van der Waals surface area contributed by atoms with Crippen molar-refractivity contribution in [3.63, 3.8) is 0 Å². The highest BCUT2D eigenvalue weighted by Crippen LogP contribution is 2.38. The Kier molecular flexibility index (Phi) is 7.34. The van der Waals surface area contributed by atoms with E-state index in [1.165, 1.54) is 23.1 Å². The average Bonchev–Trinajstić information content (AvgIpc) is 3.67. The number of rotatable bonds is 9. The molecular formula is C28H25N3O3S2. The first-order valence-corrected chi connectivity index (χ1v) is 13.4. The summed E-state index contributed by atoms with van der Waals surface area (Å²) in [6, 6.07) is 25.0. The van der Waals surface area contributed by atoms with Crippen molar-refractivity contribution in [2.45, 2.75) is 23.0 Å². The van der Waals surface area contributed by atoms with Gasteiger partial charge in [-0.2, -0.15) is 0 Å². The summed E-state index contributed by atoms with van der Waals surface area (Å²) >= 11 is 2.83. The number of benzene rings is 3. The molecule has 1 atom stereocenters. The predicted molar refractivity (Wildman–Crippen MR) is 146 cm³/mol. The van der Waals surface area contributed by atoms with Gasteiger partial charge < -0.3 is 15.4 Å². The monoisotopic (exact) mass is 515 g/mol. The minimum Gasteiger partial charge on any atom is -0.497 e. The van der Waals surface area contributed by atoms with Crippen molar-refractivity contribution in [1.82, 2.24) is 4.98 Å². The van der Waals surface area contributed by atoms with Gasteiger partial charge in [-0.25, -0.2) is 4.98 Å². The number of amides is 2. The van der Waals surface area contributed by atoms with Crippen LogP contribution in [0, 0.1) is 5.92 Å². The molecule has 1 aromatic heterocycles. The van der Waals surface area contributed by atoms with Crippen LogP contribution in [0.4, 0.5) is 10.8 Å². The van der Waals surface area contributed by atoms with Crippen LogP contribution in [-0.4, -0.2) is 23.9 Å². The molecule has 1 saturated carbocycles. The van der Waals surface area contributed by atoms with E-state index in [1.807, 2.05) is 84.2 Å². The summed E-state index contributed by atoms with van der Waals surface area (Å²) in [6.45, 7) is 0. The Morgan fingerprint density at radius 3 is 2.50 bits per heavy atom. The van der Waals surface area contributed by atoms with Gasteiger partial charge in [-0.15, -0.1) is 23.1 Å². The van der Waals surface area contributed by atoms with Gasteiger partial charge in [0.05, 0.1) is 12.8 Å². The van der Waals surface area contributed by atoms with Crippen LogP contribution in [0.25, 0.3) is 11.3 Å². The van der Waals surface area contributed by atoms with Gasteiger partial charge in [0.15, 0.2) is 5.13 Å². The second-order valence-corrected chi connectivity index (χ2v) is 10.5. The third kappa shape index (κ3) is 5.95. The highest BCUT2D eigenvalue weighted by molar-refractivity contribution is 8.00. The van der Waals surface area contributed by atoms with E-state index in [9.17, 15) is 9.59 Å². The summed E-state index contributed by atoms with van der Waals surface area (Å²) < 4.78 is 5.22. The topological polar surface area (TPSA) is 80.3 Å². The highest BCUT2D eigenvalue weighted by Gasteiger charge is 2.29. The fourth-order valence-corrected chi connectivity index (χ4v) is 5.48. The van der Waals surface area contributed by atoms with Crippen LogP contribution < -0.4 is 15.4 Å². The number of thiazole rings is 1. The molecule has 182 valence electrons. The lowest BCUT2D eigenvalue weighted by Crippen LogP contribution is -2.19. The van der Waals surface area contributed by atoms with Crippen molar-refractivity contribution in [3.8, 4) is 17.0 Å². The number of nitrogens with zero attached hydrogens (tertiary/aromatic N) is 1. The number of nitrogens with one attached hydrogen (secondary N) is 2. The van der Waals surface area contributed by atoms with E-state index in [0.717, 1.165) is 46.0 Å². The van der Waals surface area contributed by atoms with Gasteiger partial charge >= 0.3 is 0 Å². The molecule has 3 aromatic carbocycles. The summed E-state index contributed by atoms with van der Waals surface area (Å²) in [5, 5.41) is 7.95. The molecule has 1 aliphatic rings. The summed E-state index contributed by atoms with van der Waals surface area (Å²) in [5.41, 5.74) is 3.38. The van der Waals surface area contributed by atoms with Crippen molar-refractivity contribution in [2.75, 3.05) is 17.7 Å². The molecule has 0 bridgehead atoms. The molecule has 1 unspecified atom stereocenters. The highest BCUT2D eigenvalue weighted by atomic mass is 32.2. The zero-order valence-corrected chi connectivity index (χ0v) is 21.3. The fourth-order valence-electron chi connectivity index (χ4n) is 3.67. The molecule has 1 heterocycles. The summed E-state index contributed by atoms with van der Waals surface area (Å²) in [6.07, 6.45) is 1.90. The molecule has 2 amide bonds. The minimum absolute atomic E-state index is 0.0611.